The van der Waals surface area contributed by atoms with E-state index in [-0.39, 0.29) is 25.1 Å². The van der Waals surface area contributed by atoms with Gasteiger partial charge < -0.3 is 14.6 Å². The van der Waals surface area contributed by atoms with Gasteiger partial charge >= 0.3 is 12.4 Å². The molecule has 0 bridgehead atoms. The fourth-order valence-electron chi connectivity index (χ4n) is 1.81. The van der Waals surface area contributed by atoms with Gasteiger partial charge in [0.1, 0.15) is 19.3 Å². The van der Waals surface area contributed by atoms with Crippen molar-refractivity contribution in [2.24, 2.45) is 5.92 Å². The molecular formula is C11H17O5. The van der Waals surface area contributed by atoms with Crippen LogP contribution in [-0.2, 0) is 19.1 Å². The molecule has 0 aromatic rings. The highest BCUT2D eigenvalue weighted by Crippen LogP contribution is 2.24. The van der Waals surface area contributed by atoms with Crippen molar-refractivity contribution >= 4 is 12.4 Å². The minimum absolute atomic E-state index is 0.0282. The van der Waals surface area contributed by atoms with Crippen molar-refractivity contribution in [1.29, 1.82) is 0 Å². The summed E-state index contributed by atoms with van der Waals surface area (Å²) in [6, 6.07) is 0. The van der Waals surface area contributed by atoms with Crippen molar-refractivity contribution in [1.82, 2.24) is 0 Å². The number of hydrogen-bond acceptors (Lipinski definition) is 5. The van der Waals surface area contributed by atoms with Gasteiger partial charge in [0.2, 0.25) is 0 Å². The van der Waals surface area contributed by atoms with Gasteiger partial charge in [-0.2, -0.15) is 0 Å². The third-order valence-electron chi connectivity index (χ3n) is 2.69. The van der Waals surface area contributed by atoms with Gasteiger partial charge in [-0.1, -0.05) is 19.3 Å². The molecule has 1 aliphatic rings. The lowest BCUT2D eigenvalue weighted by atomic mass is 9.89. The molecule has 1 unspecified atom stereocenters. The second-order valence-corrected chi connectivity index (χ2v) is 4.01. The largest absolute Gasteiger partial charge is 0.463 e. The van der Waals surface area contributed by atoms with Crippen molar-refractivity contribution < 1.29 is 24.2 Å². The Morgan fingerprint density at radius 3 is 2.62 bits per heavy atom. The molecule has 0 aliphatic heterocycles. The SMILES string of the molecule is O=[C]OCC(O)COC(=O)C1CCCCC1. The number of carbonyl (C=O) groups excluding carboxylic acids is 2. The normalized spacial score (nSPS) is 18.8. The summed E-state index contributed by atoms with van der Waals surface area (Å²) in [6.07, 6.45) is 4.07. The third kappa shape index (κ3) is 4.61. The highest BCUT2D eigenvalue weighted by atomic mass is 16.6. The first-order valence-electron chi connectivity index (χ1n) is 5.57. The van der Waals surface area contributed by atoms with Crippen LogP contribution in [0.3, 0.4) is 0 Å². The van der Waals surface area contributed by atoms with E-state index in [0.717, 1.165) is 25.7 Å². The van der Waals surface area contributed by atoms with Crippen LogP contribution < -0.4 is 0 Å². The molecule has 0 heterocycles. The Morgan fingerprint density at radius 2 is 2.00 bits per heavy atom. The maximum Gasteiger partial charge on any atom is 0.417 e. The average molecular weight is 229 g/mol. The van der Waals surface area contributed by atoms with Gasteiger partial charge in [0.25, 0.3) is 0 Å². The van der Waals surface area contributed by atoms with Crippen molar-refractivity contribution in [3.8, 4) is 0 Å². The van der Waals surface area contributed by atoms with Crippen LogP contribution in [0.15, 0.2) is 0 Å². The van der Waals surface area contributed by atoms with Gasteiger partial charge in [0.05, 0.1) is 5.92 Å². The fourth-order valence-corrected chi connectivity index (χ4v) is 1.81. The van der Waals surface area contributed by atoms with E-state index in [9.17, 15) is 14.7 Å². The van der Waals surface area contributed by atoms with Gasteiger partial charge in [-0.05, 0) is 12.8 Å². The lowest BCUT2D eigenvalue weighted by molar-refractivity contribution is -0.153. The summed E-state index contributed by atoms with van der Waals surface area (Å²) in [5.41, 5.74) is 0. The molecule has 0 amide bonds. The number of carbonyl (C=O) groups is 1. The fraction of sp³-hybridized carbons (Fsp3) is 0.818. The van der Waals surface area contributed by atoms with Crippen LogP contribution in [0.25, 0.3) is 0 Å². The van der Waals surface area contributed by atoms with Crippen LogP contribution in [0.1, 0.15) is 32.1 Å². The Kier molecular flexibility index (Phi) is 5.85. The molecule has 0 aromatic carbocycles. The van der Waals surface area contributed by atoms with Crippen LogP contribution in [0, 0.1) is 5.92 Å². The van der Waals surface area contributed by atoms with Gasteiger partial charge in [0, 0.05) is 0 Å². The summed E-state index contributed by atoms with van der Waals surface area (Å²) in [5.74, 6) is -0.284. The Balaban J connectivity index is 2.15. The van der Waals surface area contributed by atoms with Crippen molar-refractivity contribution in [3.63, 3.8) is 0 Å². The lowest BCUT2D eigenvalue weighted by Gasteiger charge is -2.20. The van der Waals surface area contributed by atoms with E-state index >= 15 is 0 Å². The number of aliphatic hydroxyl groups is 1. The maximum atomic E-state index is 11.5. The van der Waals surface area contributed by atoms with Gasteiger partial charge in [-0.25, -0.2) is 4.79 Å². The Morgan fingerprint density at radius 1 is 1.31 bits per heavy atom. The van der Waals surface area contributed by atoms with E-state index in [1.54, 1.807) is 0 Å². The molecule has 0 aromatic heterocycles. The molecule has 16 heavy (non-hydrogen) atoms. The summed E-state index contributed by atoms with van der Waals surface area (Å²) >= 11 is 0. The molecule has 1 N–H and O–H groups in total. The van der Waals surface area contributed by atoms with Gasteiger partial charge in [-0.15, -0.1) is 0 Å². The molecule has 1 rings (SSSR count). The first-order valence-corrected chi connectivity index (χ1v) is 5.57. The predicted molar refractivity (Wildman–Crippen MR) is 55.2 cm³/mol. The first-order chi connectivity index (χ1) is 7.74. The number of rotatable bonds is 6. The van der Waals surface area contributed by atoms with Crippen LogP contribution >= 0.6 is 0 Å². The zero-order valence-corrected chi connectivity index (χ0v) is 9.18. The van der Waals surface area contributed by atoms with Gasteiger partial charge in [0.15, 0.2) is 0 Å². The second-order valence-electron chi connectivity index (χ2n) is 4.01. The summed E-state index contributed by atoms with van der Waals surface area (Å²) in [4.78, 5) is 21.3. The molecule has 1 atom stereocenters. The third-order valence-corrected chi connectivity index (χ3v) is 2.69. The van der Waals surface area contributed by atoms with E-state index in [1.807, 2.05) is 0 Å². The van der Waals surface area contributed by atoms with Gasteiger partial charge in [-0.3, -0.25) is 4.79 Å². The smallest absolute Gasteiger partial charge is 0.417 e. The number of hydrogen-bond donors (Lipinski definition) is 1. The van der Waals surface area contributed by atoms with E-state index in [4.69, 9.17) is 4.74 Å². The van der Waals surface area contributed by atoms with Crippen molar-refractivity contribution in [3.05, 3.63) is 0 Å². The Bertz CT molecular complexity index is 222. The highest BCUT2D eigenvalue weighted by Gasteiger charge is 2.23. The summed E-state index contributed by atoms with van der Waals surface area (Å²) in [6.45, 7) is 0.878. The molecule has 91 valence electrons. The Hall–Kier alpha value is -1.10. The van der Waals surface area contributed by atoms with Crippen LogP contribution in [0.2, 0.25) is 0 Å². The predicted octanol–water partition coefficient (Wildman–Crippen LogP) is 0.555. The van der Waals surface area contributed by atoms with Crippen LogP contribution in [0.4, 0.5) is 0 Å². The average Bonchev–Trinajstić information content (AvgIpc) is 2.34. The molecule has 5 heteroatoms. The Labute approximate surface area is 94.7 Å². The first kappa shape index (κ1) is 13.0. The zero-order chi connectivity index (χ0) is 11.8. The van der Waals surface area contributed by atoms with Crippen molar-refractivity contribution in [2.45, 2.75) is 38.2 Å². The molecular weight excluding hydrogens is 212 g/mol. The van der Waals surface area contributed by atoms with E-state index < -0.39 is 6.10 Å². The second kappa shape index (κ2) is 7.22. The number of aliphatic hydroxyl groups excluding tert-OH is 1. The zero-order valence-electron chi connectivity index (χ0n) is 9.18. The monoisotopic (exact) mass is 229 g/mol. The summed E-state index contributed by atoms with van der Waals surface area (Å²) < 4.78 is 9.17. The van der Waals surface area contributed by atoms with E-state index in [1.165, 1.54) is 12.9 Å². The molecule has 1 radical (unpaired) electrons. The summed E-state index contributed by atoms with van der Waals surface area (Å²) in [7, 11) is 0. The molecule has 1 fully saturated rings. The van der Waals surface area contributed by atoms with Crippen molar-refractivity contribution in [2.75, 3.05) is 13.2 Å². The topological polar surface area (TPSA) is 72.8 Å². The standard InChI is InChI=1S/C11H17O5/c12-8-15-6-10(13)7-16-11(14)9-4-2-1-3-5-9/h9-10,13H,1-7H2. The quantitative estimate of drug-likeness (QED) is 0.673. The molecule has 1 aliphatic carbocycles. The van der Waals surface area contributed by atoms with E-state index in [2.05, 4.69) is 4.74 Å². The lowest BCUT2D eigenvalue weighted by Crippen LogP contribution is -2.27. The molecule has 5 nitrogen and oxygen atoms in total. The number of ether oxygens (including phenoxy) is 2. The minimum Gasteiger partial charge on any atom is -0.463 e. The van der Waals surface area contributed by atoms with Crippen LogP contribution in [-0.4, -0.2) is 36.9 Å². The number of esters is 1. The van der Waals surface area contributed by atoms with E-state index in [0.29, 0.717) is 0 Å². The minimum atomic E-state index is -0.964. The van der Waals surface area contributed by atoms with Crippen LogP contribution in [0.5, 0.6) is 0 Å². The maximum absolute atomic E-state index is 11.5. The molecule has 0 saturated heterocycles. The molecule has 0 spiro atoms. The molecule has 1 saturated carbocycles. The highest BCUT2D eigenvalue weighted by molar-refractivity contribution is 5.72. The summed E-state index contributed by atoms with van der Waals surface area (Å²) in [5, 5.41) is 9.25.